The molecule has 7 nitrogen and oxygen atoms in total. The fraction of sp³-hybridized carbons (Fsp3) is 0.889. The third kappa shape index (κ3) is 8.64. The van der Waals surface area contributed by atoms with E-state index in [2.05, 4.69) is 20.9 Å². The Bertz CT molecular complexity index is 510. The molecule has 0 bridgehead atoms. The van der Waals surface area contributed by atoms with Crippen molar-refractivity contribution in [3.05, 3.63) is 0 Å². The van der Waals surface area contributed by atoms with E-state index in [1.165, 1.54) is 4.90 Å². The van der Waals surface area contributed by atoms with Gasteiger partial charge >= 0.3 is 12.2 Å². The Morgan fingerprint density at radius 2 is 1.71 bits per heavy atom. The Balaban J connectivity index is 1.57. The largest absolute Gasteiger partial charge is 0.401 e. The summed E-state index contributed by atoms with van der Waals surface area (Å²) >= 11 is 0. The number of rotatable bonds is 8. The molecular formula is C18H32F3N5O2. The fourth-order valence-electron chi connectivity index (χ4n) is 3.71. The van der Waals surface area contributed by atoms with Crippen LogP contribution in [-0.2, 0) is 4.79 Å². The van der Waals surface area contributed by atoms with Gasteiger partial charge in [0.05, 0.1) is 13.1 Å². The molecule has 2 fully saturated rings. The molecule has 28 heavy (non-hydrogen) atoms. The molecule has 1 unspecified atom stereocenters. The van der Waals surface area contributed by atoms with Gasteiger partial charge in [-0.3, -0.25) is 14.6 Å². The van der Waals surface area contributed by atoms with Crippen molar-refractivity contribution in [2.24, 2.45) is 5.92 Å². The van der Waals surface area contributed by atoms with Crippen molar-refractivity contribution < 1.29 is 22.8 Å². The van der Waals surface area contributed by atoms with Crippen molar-refractivity contribution in [2.45, 2.75) is 44.8 Å². The minimum absolute atomic E-state index is 0.0298. The average molecular weight is 407 g/mol. The zero-order valence-electron chi connectivity index (χ0n) is 16.5. The summed E-state index contributed by atoms with van der Waals surface area (Å²) in [5, 5.41) is 8.57. The first kappa shape index (κ1) is 22.7. The molecule has 0 saturated carbocycles. The molecule has 0 aliphatic carbocycles. The van der Waals surface area contributed by atoms with E-state index in [1.807, 2.05) is 6.92 Å². The van der Waals surface area contributed by atoms with Crippen LogP contribution in [0.15, 0.2) is 0 Å². The van der Waals surface area contributed by atoms with Gasteiger partial charge in [-0.05, 0) is 38.1 Å². The number of amides is 3. The van der Waals surface area contributed by atoms with Crippen molar-refractivity contribution in [3.63, 3.8) is 0 Å². The summed E-state index contributed by atoms with van der Waals surface area (Å²) in [6.45, 7) is 4.85. The summed E-state index contributed by atoms with van der Waals surface area (Å²) in [6, 6.07) is -0.214. The number of hydrogen-bond acceptors (Lipinski definition) is 4. The Hall–Kier alpha value is -1.55. The zero-order valence-corrected chi connectivity index (χ0v) is 16.5. The van der Waals surface area contributed by atoms with E-state index in [9.17, 15) is 22.8 Å². The van der Waals surface area contributed by atoms with Gasteiger partial charge in [-0.15, -0.1) is 0 Å². The van der Waals surface area contributed by atoms with Crippen LogP contribution >= 0.6 is 0 Å². The molecule has 2 saturated heterocycles. The second-order valence-corrected chi connectivity index (χ2v) is 7.76. The molecule has 0 spiro atoms. The summed E-state index contributed by atoms with van der Waals surface area (Å²) in [5.74, 6) is 0.0821. The topological polar surface area (TPSA) is 76.7 Å². The monoisotopic (exact) mass is 407 g/mol. The quantitative estimate of drug-likeness (QED) is 0.565. The van der Waals surface area contributed by atoms with Gasteiger partial charge in [-0.1, -0.05) is 6.92 Å². The van der Waals surface area contributed by atoms with Gasteiger partial charge < -0.3 is 16.0 Å². The third-order valence-electron chi connectivity index (χ3n) is 5.19. The van der Waals surface area contributed by atoms with Crippen LogP contribution in [-0.4, -0.2) is 86.3 Å². The lowest BCUT2D eigenvalue weighted by Gasteiger charge is -2.31. The fourth-order valence-corrected chi connectivity index (χ4v) is 3.71. The normalized spacial score (nSPS) is 22.2. The van der Waals surface area contributed by atoms with Gasteiger partial charge in [-0.25, -0.2) is 4.79 Å². The first-order valence-electron chi connectivity index (χ1n) is 10.1. The first-order valence-corrected chi connectivity index (χ1v) is 10.1. The Morgan fingerprint density at radius 1 is 1.04 bits per heavy atom. The number of halogens is 3. The maximum atomic E-state index is 12.4. The molecule has 162 valence electrons. The van der Waals surface area contributed by atoms with E-state index in [0.29, 0.717) is 39.1 Å². The van der Waals surface area contributed by atoms with E-state index in [-0.39, 0.29) is 23.9 Å². The standard InChI is InChI=1S/C18H32F3N5O2/c1-2-6-22-16(27)12-25-8-4-15(5-9-25)24-17(28)23-10-14-3-7-26(11-14)13-18(19,20)21/h14-15H,2-13H2,1H3,(H,22,27)(H2,23,24,28). The summed E-state index contributed by atoms with van der Waals surface area (Å²) in [7, 11) is 0. The smallest absolute Gasteiger partial charge is 0.355 e. The maximum absolute atomic E-state index is 12.4. The van der Waals surface area contributed by atoms with E-state index < -0.39 is 12.7 Å². The lowest BCUT2D eigenvalue weighted by Crippen LogP contribution is -2.50. The van der Waals surface area contributed by atoms with E-state index in [4.69, 9.17) is 0 Å². The molecule has 2 aliphatic rings. The summed E-state index contributed by atoms with van der Waals surface area (Å²) < 4.78 is 37.2. The molecule has 1 atom stereocenters. The lowest BCUT2D eigenvalue weighted by atomic mass is 10.1. The van der Waals surface area contributed by atoms with E-state index in [1.54, 1.807) is 0 Å². The summed E-state index contributed by atoms with van der Waals surface area (Å²) in [4.78, 5) is 27.3. The molecular weight excluding hydrogens is 375 g/mol. The Labute approximate surface area is 164 Å². The molecule has 10 heteroatoms. The van der Waals surface area contributed by atoms with Gasteiger partial charge in [0.25, 0.3) is 0 Å². The van der Waals surface area contributed by atoms with E-state index >= 15 is 0 Å². The van der Waals surface area contributed by atoms with Crippen molar-refractivity contribution >= 4 is 11.9 Å². The molecule has 2 rings (SSSR count). The number of hydrogen-bond donors (Lipinski definition) is 3. The van der Waals surface area contributed by atoms with E-state index in [0.717, 1.165) is 32.4 Å². The van der Waals surface area contributed by atoms with Gasteiger partial charge in [-0.2, -0.15) is 13.2 Å². The van der Waals surface area contributed by atoms with Gasteiger partial charge in [0.2, 0.25) is 5.91 Å². The molecule has 0 aromatic carbocycles. The molecule has 2 aliphatic heterocycles. The van der Waals surface area contributed by atoms with Crippen LogP contribution in [0.2, 0.25) is 0 Å². The number of urea groups is 1. The van der Waals surface area contributed by atoms with Gasteiger partial charge in [0, 0.05) is 38.8 Å². The molecule has 0 radical (unpaired) electrons. The highest BCUT2D eigenvalue weighted by Crippen LogP contribution is 2.22. The van der Waals surface area contributed by atoms with Crippen LogP contribution in [0, 0.1) is 5.92 Å². The Morgan fingerprint density at radius 3 is 2.36 bits per heavy atom. The molecule has 0 aromatic rings. The van der Waals surface area contributed by atoms with Crippen LogP contribution in [0.3, 0.4) is 0 Å². The summed E-state index contributed by atoms with van der Waals surface area (Å²) in [5.41, 5.74) is 0. The highest BCUT2D eigenvalue weighted by Gasteiger charge is 2.34. The van der Waals surface area contributed by atoms with Crippen LogP contribution in [0.25, 0.3) is 0 Å². The predicted octanol–water partition coefficient (Wildman–Crippen LogP) is 1.16. The van der Waals surface area contributed by atoms with Crippen LogP contribution < -0.4 is 16.0 Å². The number of carbonyl (C=O) groups is 2. The summed E-state index contributed by atoms with van der Waals surface area (Å²) in [6.07, 6.45) is -1.05. The second kappa shape index (κ2) is 10.8. The van der Waals surface area contributed by atoms with Gasteiger partial charge in [0.1, 0.15) is 0 Å². The van der Waals surface area contributed by atoms with Crippen molar-refractivity contribution in [1.29, 1.82) is 0 Å². The van der Waals surface area contributed by atoms with Gasteiger partial charge in [0.15, 0.2) is 0 Å². The maximum Gasteiger partial charge on any atom is 0.401 e. The Kier molecular flexibility index (Phi) is 8.81. The average Bonchev–Trinajstić information content (AvgIpc) is 3.05. The number of nitrogens with zero attached hydrogens (tertiary/aromatic N) is 2. The lowest BCUT2D eigenvalue weighted by molar-refractivity contribution is -0.143. The minimum atomic E-state index is -4.18. The van der Waals surface area contributed by atoms with Crippen LogP contribution in [0.5, 0.6) is 0 Å². The number of nitrogens with one attached hydrogen (secondary N) is 3. The van der Waals surface area contributed by atoms with Crippen molar-refractivity contribution in [2.75, 3.05) is 52.4 Å². The molecule has 2 heterocycles. The molecule has 3 amide bonds. The molecule has 0 aromatic heterocycles. The predicted molar refractivity (Wildman–Crippen MR) is 99.9 cm³/mol. The number of alkyl halides is 3. The van der Waals surface area contributed by atoms with Crippen molar-refractivity contribution in [3.8, 4) is 0 Å². The zero-order chi connectivity index (χ0) is 20.6. The number of carbonyl (C=O) groups excluding carboxylic acids is 2. The highest BCUT2D eigenvalue weighted by molar-refractivity contribution is 5.78. The third-order valence-corrected chi connectivity index (χ3v) is 5.19. The number of likely N-dealkylation sites (tertiary alicyclic amines) is 2. The SMILES string of the molecule is CCCNC(=O)CN1CCC(NC(=O)NCC2CCN(CC(F)(F)F)C2)CC1. The molecule has 3 N–H and O–H groups in total. The van der Waals surface area contributed by atoms with Crippen molar-refractivity contribution in [1.82, 2.24) is 25.8 Å². The second-order valence-electron chi connectivity index (χ2n) is 7.76. The van der Waals surface area contributed by atoms with Crippen LogP contribution in [0.4, 0.5) is 18.0 Å². The first-order chi connectivity index (χ1) is 13.2. The van der Waals surface area contributed by atoms with Crippen LogP contribution in [0.1, 0.15) is 32.6 Å². The number of piperidine rings is 1. The minimum Gasteiger partial charge on any atom is -0.355 e. The highest BCUT2D eigenvalue weighted by atomic mass is 19.4.